The molecule has 2 rings (SSSR count). The zero-order valence-corrected chi connectivity index (χ0v) is 11.3. The van der Waals surface area contributed by atoms with Crippen LogP contribution in [-0.4, -0.2) is 10.8 Å². The molecule has 1 aromatic heterocycles. The van der Waals surface area contributed by atoms with E-state index in [0.717, 1.165) is 24.8 Å². The molecule has 1 saturated carbocycles. The van der Waals surface area contributed by atoms with Crippen molar-refractivity contribution in [1.29, 1.82) is 0 Å². The van der Waals surface area contributed by atoms with Crippen molar-refractivity contribution in [2.75, 3.05) is 5.73 Å². The predicted molar refractivity (Wildman–Crippen MR) is 73.5 cm³/mol. The number of rotatable bonds is 3. The average molecular weight is 246 g/mol. The van der Waals surface area contributed by atoms with Gasteiger partial charge in [-0.2, -0.15) is 0 Å². The fourth-order valence-corrected chi connectivity index (χ4v) is 2.90. The molecule has 1 aliphatic carbocycles. The lowest BCUT2D eigenvalue weighted by atomic mass is 9.77. The number of nitrogen functional groups attached to an aromatic ring is 1. The minimum atomic E-state index is 0.148. The molecule has 0 aromatic carbocycles. The van der Waals surface area contributed by atoms with Gasteiger partial charge in [-0.25, -0.2) is 4.98 Å². The van der Waals surface area contributed by atoms with Gasteiger partial charge in [-0.1, -0.05) is 26.2 Å². The highest BCUT2D eigenvalue weighted by molar-refractivity contribution is 6.01. The zero-order valence-electron chi connectivity index (χ0n) is 11.3. The Balaban J connectivity index is 2.17. The third-order valence-electron chi connectivity index (χ3n) is 4.05. The van der Waals surface area contributed by atoms with Gasteiger partial charge in [-0.3, -0.25) is 4.79 Å². The first-order valence-corrected chi connectivity index (χ1v) is 6.88. The molecule has 0 bridgehead atoms. The lowest BCUT2D eigenvalue weighted by Gasteiger charge is -2.27. The summed E-state index contributed by atoms with van der Waals surface area (Å²) in [7, 11) is 0. The van der Waals surface area contributed by atoms with Gasteiger partial charge in [0.15, 0.2) is 5.78 Å². The van der Waals surface area contributed by atoms with Crippen LogP contribution >= 0.6 is 0 Å². The number of aryl methyl sites for hydroxylation is 1. The number of carbonyl (C=O) groups is 1. The Bertz CT molecular complexity index is 442. The minimum Gasteiger partial charge on any atom is -0.383 e. The number of nitrogens with two attached hydrogens (primary N) is 1. The second-order valence-electron chi connectivity index (χ2n) is 5.45. The highest BCUT2D eigenvalue weighted by Crippen LogP contribution is 2.33. The summed E-state index contributed by atoms with van der Waals surface area (Å²) in [6, 6.07) is 1.88. The van der Waals surface area contributed by atoms with E-state index in [4.69, 9.17) is 5.73 Å². The van der Waals surface area contributed by atoms with E-state index in [1.165, 1.54) is 12.8 Å². The Labute approximate surface area is 109 Å². The fraction of sp³-hybridized carbons (Fsp3) is 0.600. The highest BCUT2D eigenvalue weighted by Gasteiger charge is 2.28. The molecule has 2 unspecified atom stereocenters. The van der Waals surface area contributed by atoms with Gasteiger partial charge < -0.3 is 5.73 Å². The number of nitrogens with zero attached hydrogens (tertiary/aromatic N) is 1. The molecule has 0 spiro atoms. The van der Waals surface area contributed by atoms with Gasteiger partial charge in [0, 0.05) is 12.1 Å². The van der Waals surface area contributed by atoms with Crippen LogP contribution in [0.4, 0.5) is 5.82 Å². The van der Waals surface area contributed by atoms with E-state index in [1.54, 1.807) is 6.20 Å². The molecule has 18 heavy (non-hydrogen) atoms. The van der Waals surface area contributed by atoms with E-state index in [1.807, 2.05) is 13.0 Å². The van der Waals surface area contributed by atoms with Crippen molar-refractivity contribution in [3.05, 3.63) is 23.4 Å². The maximum atomic E-state index is 12.5. The molecule has 1 aromatic rings. The molecule has 0 amide bonds. The number of anilines is 1. The number of hydrogen-bond acceptors (Lipinski definition) is 3. The standard InChI is InChI=1S/C15H22N2O/c1-3-11-5-4-6-12(8-11)14(18)13-7-10(2)9-17-15(13)16/h7,9,11-12H,3-6,8H2,1-2H3,(H2,16,17). The summed E-state index contributed by atoms with van der Waals surface area (Å²) < 4.78 is 0. The van der Waals surface area contributed by atoms with Gasteiger partial charge in [-0.15, -0.1) is 0 Å². The molecule has 2 N–H and O–H groups in total. The minimum absolute atomic E-state index is 0.148. The normalized spacial score (nSPS) is 23.9. The molecule has 98 valence electrons. The summed E-state index contributed by atoms with van der Waals surface area (Å²) in [6.07, 6.45) is 7.33. The first-order valence-electron chi connectivity index (χ1n) is 6.88. The summed E-state index contributed by atoms with van der Waals surface area (Å²) >= 11 is 0. The van der Waals surface area contributed by atoms with Crippen molar-refractivity contribution in [3.63, 3.8) is 0 Å². The van der Waals surface area contributed by atoms with E-state index in [2.05, 4.69) is 11.9 Å². The third kappa shape index (κ3) is 2.71. The van der Waals surface area contributed by atoms with Crippen molar-refractivity contribution in [1.82, 2.24) is 4.98 Å². The van der Waals surface area contributed by atoms with Crippen molar-refractivity contribution < 1.29 is 4.79 Å². The number of Topliss-reactive ketones (excluding diaryl/α,β-unsaturated/α-hetero) is 1. The monoisotopic (exact) mass is 246 g/mol. The molecule has 1 fully saturated rings. The summed E-state index contributed by atoms with van der Waals surface area (Å²) in [5, 5.41) is 0. The van der Waals surface area contributed by atoms with Gasteiger partial charge in [-0.05, 0) is 37.3 Å². The predicted octanol–water partition coefficient (Wildman–Crippen LogP) is 3.37. The summed E-state index contributed by atoms with van der Waals surface area (Å²) in [5.41, 5.74) is 7.45. The van der Waals surface area contributed by atoms with Gasteiger partial charge in [0.25, 0.3) is 0 Å². The van der Waals surface area contributed by atoms with Crippen molar-refractivity contribution >= 4 is 11.6 Å². The first kappa shape index (κ1) is 13.1. The highest BCUT2D eigenvalue weighted by atomic mass is 16.1. The second kappa shape index (κ2) is 5.51. The van der Waals surface area contributed by atoms with Crippen LogP contribution < -0.4 is 5.73 Å². The fourth-order valence-electron chi connectivity index (χ4n) is 2.90. The Hall–Kier alpha value is -1.38. The third-order valence-corrected chi connectivity index (χ3v) is 4.05. The lowest BCUT2D eigenvalue weighted by Crippen LogP contribution is -2.24. The zero-order chi connectivity index (χ0) is 13.1. The largest absolute Gasteiger partial charge is 0.383 e. The number of carbonyl (C=O) groups excluding carboxylic acids is 1. The molecular weight excluding hydrogens is 224 g/mol. The average Bonchev–Trinajstić information content (AvgIpc) is 2.41. The van der Waals surface area contributed by atoms with Crippen LogP contribution in [0, 0.1) is 18.8 Å². The van der Waals surface area contributed by atoms with Crippen molar-refractivity contribution in [2.45, 2.75) is 46.0 Å². The smallest absolute Gasteiger partial charge is 0.169 e. The second-order valence-corrected chi connectivity index (χ2v) is 5.45. The molecule has 0 saturated heterocycles. The Kier molecular flexibility index (Phi) is 4.00. The molecule has 0 aliphatic heterocycles. The van der Waals surface area contributed by atoms with Crippen LogP contribution in [0.1, 0.15) is 54.9 Å². The van der Waals surface area contributed by atoms with Gasteiger partial charge in [0.1, 0.15) is 5.82 Å². The van der Waals surface area contributed by atoms with Crippen molar-refractivity contribution in [2.24, 2.45) is 11.8 Å². The Morgan fingerprint density at radius 3 is 3.00 bits per heavy atom. The summed E-state index contributed by atoms with van der Waals surface area (Å²) in [5.74, 6) is 1.42. The maximum Gasteiger partial charge on any atom is 0.169 e. The first-order chi connectivity index (χ1) is 8.61. The van der Waals surface area contributed by atoms with Gasteiger partial charge >= 0.3 is 0 Å². The Morgan fingerprint density at radius 2 is 2.28 bits per heavy atom. The van der Waals surface area contributed by atoms with Crippen LogP contribution in [-0.2, 0) is 0 Å². The summed E-state index contributed by atoms with van der Waals surface area (Å²) in [6.45, 7) is 4.15. The number of pyridine rings is 1. The van der Waals surface area contributed by atoms with Gasteiger partial charge in [0.05, 0.1) is 5.56 Å². The number of aromatic nitrogens is 1. The van der Waals surface area contributed by atoms with E-state index in [9.17, 15) is 4.79 Å². The molecule has 1 heterocycles. The molecule has 3 nitrogen and oxygen atoms in total. The Morgan fingerprint density at radius 1 is 1.50 bits per heavy atom. The lowest BCUT2D eigenvalue weighted by molar-refractivity contribution is 0.0862. The van der Waals surface area contributed by atoms with E-state index < -0.39 is 0 Å². The van der Waals surface area contributed by atoms with Crippen LogP contribution in [0.5, 0.6) is 0 Å². The molecule has 2 atom stereocenters. The SMILES string of the molecule is CCC1CCCC(C(=O)c2cc(C)cnc2N)C1. The summed E-state index contributed by atoms with van der Waals surface area (Å²) in [4.78, 5) is 16.6. The maximum absolute atomic E-state index is 12.5. The van der Waals surface area contributed by atoms with Crippen molar-refractivity contribution in [3.8, 4) is 0 Å². The van der Waals surface area contributed by atoms with Crippen LogP contribution in [0.2, 0.25) is 0 Å². The molecule has 3 heteroatoms. The van der Waals surface area contributed by atoms with Crippen LogP contribution in [0.25, 0.3) is 0 Å². The van der Waals surface area contributed by atoms with E-state index in [0.29, 0.717) is 17.3 Å². The van der Waals surface area contributed by atoms with E-state index in [-0.39, 0.29) is 11.7 Å². The van der Waals surface area contributed by atoms with Gasteiger partial charge in [0.2, 0.25) is 0 Å². The topological polar surface area (TPSA) is 56.0 Å². The van der Waals surface area contributed by atoms with E-state index >= 15 is 0 Å². The molecular formula is C15H22N2O. The van der Waals surface area contributed by atoms with Crippen LogP contribution in [0.15, 0.2) is 12.3 Å². The molecule has 1 aliphatic rings. The quantitative estimate of drug-likeness (QED) is 0.832. The van der Waals surface area contributed by atoms with Crippen LogP contribution in [0.3, 0.4) is 0 Å². The number of ketones is 1. The molecule has 0 radical (unpaired) electrons. The number of hydrogen-bond donors (Lipinski definition) is 1.